The van der Waals surface area contributed by atoms with Gasteiger partial charge in [-0.2, -0.15) is 0 Å². The number of imide groups is 1. The van der Waals surface area contributed by atoms with Crippen LogP contribution in [0.5, 0.6) is 0 Å². The highest BCUT2D eigenvalue weighted by Crippen LogP contribution is 2.32. The number of nitrogens with zero attached hydrogens (tertiary/aromatic N) is 1. The molecule has 2 amide bonds. The average molecular weight is 399 g/mol. The number of halogens is 1. The smallest absolute Gasteiger partial charge is 0.340 e. The molecule has 1 aliphatic rings. The summed E-state index contributed by atoms with van der Waals surface area (Å²) in [5.41, 5.74) is 1.99. The van der Waals surface area contributed by atoms with Crippen LogP contribution in [0, 0.1) is 0 Å². The minimum Gasteiger partial charge on any atom is -0.462 e. The molecule has 3 rings (SSSR count). The van der Waals surface area contributed by atoms with Crippen molar-refractivity contribution < 1.29 is 19.1 Å². The van der Waals surface area contributed by atoms with E-state index in [1.165, 1.54) is 12.1 Å². The van der Waals surface area contributed by atoms with Gasteiger partial charge in [-0.1, -0.05) is 42.8 Å². The highest BCUT2D eigenvalue weighted by atomic mass is 35.5. The first-order chi connectivity index (χ1) is 13.5. The molecule has 2 aromatic carbocycles. The van der Waals surface area contributed by atoms with Crippen molar-refractivity contribution in [3.05, 3.63) is 70.4 Å². The minimum atomic E-state index is -0.698. The molecule has 0 fully saturated rings. The second-order valence-corrected chi connectivity index (χ2v) is 6.43. The van der Waals surface area contributed by atoms with Gasteiger partial charge in [-0.05, 0) is 43.2 Å². The molecule has 0 aliphatic carbocycles. The lowest BCUT2D eigenvalue weighted by Gasteiger charge is -2.18. The Kier molecular flexibility index (Phi) is 5.80. The summed E-state index contributed by atoms with van der Waals surface area (Å²) in [7, 11) is 0. The number of anilines is 2. The van der Waals surface area contributed by atoms with Crippen LogP contribution in [0.4, 0.5) is 11.4 Å². The van der Waals surface area contributed by atoms with Crippen molar-refractivity contribution in [3.8, 4) is 0 Å². The number of carbonyl (C=O) groups is 3. The molecule has 0 unspecified atom stereocenters. The van der Waals surface area contributed by atoms with Gasteiger partial charge in [0.1, 0.15) is 10.7 Å². The number of aryl methyl sites for hydroxylation is 1. The number of ether oxygens (including phenoxy) is 1. The lowest BCUT2D eigenvalue weighted by molar-refractivity contribution is -0.120. The van der Waals surface area contributed by atoms with E-state index in [4.69, 9.17) is 16.3 Å². The summed E-state index contributed by atoms with van der Waals surface area (Å²) in [6.45, 7) is 3.89. The Balaban J connectivity index is 1.92. The maximum Gasteiger partial charge on any atom is 0.340 e. The molecular weight excluding hydrogens is 380 g/mol. The predicted molar refractivity (Wildman–Crippen MR) is 107 cm³/mol. The zero-order valence-corrected chi connectivity index (χ0v) is 16.2. The van der Waals surface area contributed by atoms with E-state index in [0.29, 0.717) is 5.69 Å². The Hall–Kier alpha value is -3.12. The largest absolute Gasteiger partial charge is 0.462 e. The lowest BCUT2D eigenvalue weighted by Crippen LogP contribution is -2.33. The SMILES string of the molecule is CCOC(=O)c1ccccc1N1C(=O)C(Cl)=C(Nc2ccc(CC)cc2)C1=O. The number of hydrogen-bond donors (Lipinski definition) is 1. The van der Waals surface area contributed by atoms with Gasteiger partial charge in [-0.15, -0.1) is 0 Å². The predicted octanol–water partition coefficient (Wildman–Crippen LogP) is 3.86. The van der Waals surface area contributed by atoms with Crippen LogP contribution in [0.15, 0.2) is 59.3 Å². The van der Waals surface area contributed by atoms with Crippen LogP contribution in [0.25, 0.3) is 0 Å². The van der Waals surface area contributed by atoms with Crippen LogP contribution in [0.1, 0.15) is 29.8 Å². The summed E-state index contributed by atoms with van der Waals surface area (Å²) in [5.74, 6) is -1.95. The first-order valence-corrected chi connectivity index (χ1v) is 9.26. The van der Waals surface area contributed by atoms with E-state index in [9.17, 15) is 14.4 Å². The van der Waals surface area contributed by atoms with Crippen LogP contribution in [-0.4, -0.2) is 24.4 Å². The van der Waals surface area contributed by atoms with Gasteiger partial charge in [-0.3, -0.25) is 9.59 Å². The van der Waals surface area contributed by atoms with Crippen molar-refractivity contribution in [3.63, 3.8) is 0 Å². The normalized spacial score (nSPS) is 13.9. The molecule has 0 atom stereocenters. The Morgan fingerprint density at radius 1 is 1.04 bits per heavy atom. The van der Waals surface area contributed by atoms with E-state index in [2.05, 4.69) is 5.32 Å². The fourth-order valence-corrected chi connectivity index (χ4v) is 3.06. The molecule has 1 aliphatic heterocycles. The van der Waals surface area contributed by atoms with Crippen molar-refractivity contribution >= 4 is 40.8 Å². The zero-order valence-electron chi connectivity index (χ0n) is 15.5. The molecule has 0 saturated carbocycles. The maximum absolute atomic E-state index is 12.9. The van der Waals surface area contributed by atoms with Gasteiger partial charge in [-0.25, -0.2) is 9.69 Å². The molecule has 1 heterocycles. The van der Waals surface area contributed by atoms with Gasteiger partial charge < -0.3 is 10.1 Å². The molecule has 7 heteroatoms. The number of hydrogen-bond acceptors (Lipinski definition) is 5. The molecule has 0 aromatic heterocycles. The molecule has 6 nitrogen and oxygen atoms in total. The first kappa shape index (κ1) is 19.6. The third-order valence-corrected chi connectivity index (χ3v) is 4.65. The summed E-state index contributed by atoms with van der Waals surface area (Å²) in [6.07, 6.45) is 0.888. The summed E-state index contributed by atoms with van der Waals surface area (Å²) in [5, 5.41) is 2.68. The number of para-hydroxylation sites is 1. The van der Waals surface area contributed by atoms with Crippen molar-refractivity contribution in [2.24, 2.45) is 0 Å². The molecule has 28 heavy (non-hydrogen) atoms. The lowest BCUT2D eigenvalue weighted by atomic mass is 10.1. The fourth-order valence-electron chi connectivity index (χ4n) is 2.85. The number of esters is 1. The monoisotopic (exact) mass is 398 g/mol. The van der Waals surface area contributed by atoms with E-state index >= 15 is 0 Å². The summed E-state index contributed by atoms with van der Waals surface area (Å²) < 4.78 is 5.02. The van der Waals surface area contributed by atoms with E-state index in [1.54, 1.807) is 19.1 Å². The van der Waals surface area contributed by atoms with Gasteiger partial charge in [0.25, 0.3) is 11.8 Å². The third-order valence-electron chi connectivity index (χ3n) is 4.30. The molecular formula is C21H19ClN2O4. The molecule has 2 aromatic rings. The topological polar surface area (TPSA) is 75.7 Å². The van der Waals surface area contributed by atoms with Crippen LogP contribution >= 0.6 is 11.6 Å². The highest BCUT2D eigenvalue weighted by Gasteiger charge is 2.40. The minimum absolute atomic E-state index is 0.0328. The Morgan fingerprint density at radius 3 is 2.36 bits per heavy atom. The van der Waals surface area contributed by atoms with Crippen LogP contribution in [0.3, 0.4) is 0 Å². The number of carbonyl (C=O) groups excluding carboxylic acids is 3. The molecule has 1 N–H and O–H groups in total. The van der Waals surface area contributed by atoms with E-state index in [0.717, 1.165) is 16.9 Å². The third kappa shape index (κ3) is 3.64. The van der Waals surface area contributed by atoms with Gasteiger partial charge in [0, 0.05) is 5.69 Å². The van der Waals surface area contributed by atoms with Crippen LogP contribution < -0.4 is 10.2 Å². The molecule has 0 radical (unpaired) electrons. The van der Waals surface area contributed by atoms with Gasteiger partial charge in [0.05, 0.1) is 17.9 Å². The number of amides is 2. The van der Waals surface area contributed by atoms with Gasteiger partial charge >= 0.3 is 5.97 Å². The Bertz CT molecular complexity index is 967. The average Bonchev–Trinajstić information content (AvgIpc) is 2.92. The van der Waals surface area contributed by atoms with Crippen molar-refractivity contribution in [2.75, 3.05) is 16.8 Å². The summed E-state index contributed by atoms with van der Waals surface area (Å²) in [6, 6.07) is 13.7. The number of benzene rings is 2. The van der Waals surface area contributed by atoms with Crippen LogP contribution in [0.2, 0.25) is 0 Å². The van der Waals surface area contributed by atoms with E-state index in [-0.39, 0.29) is 28.6 Å². The highest BCUT2D eigenvalue weighted by molar-refractivity contribution is 6.53. The van der Waals surface area contributed by atoms with E-state index in [1.807, 2.05) is 31.2 Å². The van der Waals surface area contributed by atoms with Crippen molar-refractivity contribution in [1.29, 1.82) is 0 Å². The molecule has 144 valence electrons. The summed E-state index contributed by atoms with van der Waals surface area (Å²) in [4.78, 5) is 38.7. The number of nitrogens with one attached hydrogen (secondary N) is 1. The standard InChI is InChI=1S/C21H19ClN2O4/c1-3-13-9-11-14(12-10-13)23-18-17(22)19(25)24(20(18)26)16-8-6-5-7-15(16)21(27)28-4-2/h5-12,23H,3-4H2,1-2H3. The Labute approximate surface area is 167 Å². The van der Waals surface area contributed by atoms with Crippen molar-refractivity contribution in [2.45, 2.75) is 20.3 Å². The molecule has 0 spiro atoms. The van der Waals surface area contributed by atoms with Gasteiger partial charge in [0.15, 0.2) is 0 Å². The quantitative estimate of drug-likeness (QED) is 0.590. The first-order valence-electron chi connectivity index (χ1n) is 8.88. The number of rotatable bonds is 6. The second kappa shape index (κ2) is 8.27. The van der Waals surface area contributed by atoms with Gasteiger partial charge in [0.2, 0.25) is 0 Å². The molecule has 0 bridgehead atoms. The second-order valence-electron chi connectivity index (χ2n) is 6.05. The van der Waals surface area contributed by atoms with Crippen LogP contribution in [-0.2, 0) is 20.7 Å². The van der Waals surface area contributed by atoms with Crippen molar-refractivity contribution in [1.82, 2.24) is 0 Å². The maximum atomic E-state index is 12.9. The Morgan fingerprint density at radius 2 is 1.71 bits per heavy atom. The molecule has 0 saturated heterocycles. The zero-order chi connectivity index (χ0) is 20.3. The van der Waals surface area contributed by atoms with E-state index < -0.39 is 17.8 Å². The fraction of sp³-hybridized carbons (Fsp3) is 0.190. The summed E-state index contributed by atoms with van der Waals surface area (Å²) >= 11 is 6.16.